The van der Waals surface area contributed by atoms with Crippen molar-refractivity contribution in [1.29, 1.82) is 0 Å². The Morgan fingerprint density at radius 3 is 2.56 bits per heavy atom. The molecule has 1 heterocycles. The molecule has 18 heavy (non-hydrogen) atoms. The van der Waals surface area contributed by atoms with Crippen molar-refractivity contribution >= 4 is 5.78 Å². The Labute approximate surface area is 103 Å². The molecular formula is C13H12F2N2O. The fraction of sp³-hybridized carbons (Fsp3) is 0.231. The molecule has 0 aliphatic rings. The smallest absolute Gasteiger partial charge is 0.202 e. The summed E-state index contributed by atoms with van der Waals surface area (Å²) in [6, 6.07) is 3.08. The Bertz CT molecular complexity index is 558. The number of nitrogens with zero attached hydrogens (tertiary/aromatic N) is 2. The van der Waals surface area contributed by atoms with E-state index in [1.807, 2.05) is 6.92 Å². The lowest BCUT2D eigenvalue weighted by Gasteiger charge is -2.04. The minimum absolute atomic E-state index is 0.0638. The summed E-state index contributed by atoms with van der Waals surface area (Å²) in [6.45, 7) is 2.51. The predicted molar refractivity (Wildman–Crippen MR) is 62.3 cm³/mol. The number of imidazole rings is 1. The van der Waals surface area contributed by atoms with E-state index in [2.05, 4.69) is 4.98 Å². The molecule has 0 aliphatic carbocycles. The van der Waals surface area contributed by atoms with Gasteiger partial charge in [-0.05, 0) is 24.6 Å². The Hall–Kier alpha value is -2.04. The van der Waals surface area contributed by atoms with Gasteiger partial charge in [0.15, 0.2) is 5.82 Å². The average molecular weight is 250 g/mol. The number of rotatable bonds is 4. The lowest BCUT2D eigenvalue weighted by atomic mass is 10.1. The molecule has 0 bridgehead atoms. The maximum Gasteiger partial charge on any atom is 0.202 e. The maximum atomic E-state index is 13.0. The Morgan fingerprint density at radius 1 is 1.28 bits per heavy atom. The molecule has 0 amide bonds. The number of ketones is 1. The second kappa shape index (κ2) is 5.08. The van der Waals surface area contributed by atoms with Crippen molar-refractivity contribution in [3.05, 3.63) is 53.6 Å². The highest BCUT2D eigenvalue weighted by molar-refractivity contribution is 5.94. The van der Waals surface area contributed by atoms with Gasteiger partial charge in [0.05, 0.1) is 0 Å². The van der Waals surface area contributed by atoms with E-state index in [9.17, 15) is 13.6 Å². The van der Waals surface area contributed by atoms with Crippen molar-refractivity contribution < 1.29 is 13.6 Å². The maximum absolute atomic E-state index is 13.0. The molecule has 2 rings (SSSR count). The van der Waals surface area contributed by atoms with Crippen LogP contribution in [0.2, 0.25) is 0 Å². The molecule has 0 unspecified atom stereocenters. The first kappa shape index (κ1) is 12.4. The number of aryl methyl sites for hydroxylation is 1. The van der Waals surface area contributed by atoms with E-state index in [1.165, 1.54) is 6.20 Å². The fourth-order valence-corrected chi connectivity index (χ4v) is 1.79. The average Bonchev–Trinajstić information content (AvgIpc) is 2.75. The molecule has 0 saturated heterocycles. The first-order valence-corrected chi connectivity index (χ1v) is 5.59. The second-order valence-corrected chi connectivity index (χ2v) is 3.91. The van der Waals surface area contributed by atoms with Crippen LogP contribution in [0.1, 0.15) is 23.1 Å². The molecule has 1 aromatic carbocycles. The van der Waals surface area contributed by atoms with E-state index in [0.29, 0.717) is 17.9 Å². The third-order valence-electron chi connectivity index (χ3n) is 2.59. The fourth-order valence-electron chi connectivity index (χ4n) is 1.79. The summed E-state index contributed by atoms with van der Waals surface area (Å²) in [5, 5.41) is 0. The van der Waals surface area contributed by atoms with E-state index in [1.54, 1.807) is 10.8 Å². The number of hydrogen-bond acceptors (Lipinski definition) is 2. The van der Waals surface area contributed by atoms with Crippen LogP contribution in [-0.2, 0) is 13.0 Å². The Kier molecular flexibility index (Phi) is 3.50. The van der Waals surface area contributed by atoms with Gasteiger partial charge in [-0.1, -0.05) is 0 Å². The molecule has 0 aliphatic heterocycles. The van der Waals surface area contributed by atoms with E-state index in [0.717, 1.165) is 18.2 Å². The molecule has 0 radical (unpaired) electrons. The minimum Gasteiger partial charge on any atom is -0.329 e. The van der Waals surface area contributed by atoms with Gasteiger partial charge in [-0.25, -0.2) is 13.8 Å². The van der Waals surface area contributed by atoms with Crippen LogP contribution in [0.4, 0.5) is 8.78 Å². The SMILES string of the molecule is CCn1ccnc1C(=O)Cc1cc(F)cc(F)c1. The molecule has 94 valence electrons. The van der Waals surface area contributed by atoms with Crippen LogP contribution in [0.25, 0.3) is 0 Å². The quantitative estimate of drug-likeness (QED) is 0.782. The summed E-state index contributed by atoms with van der Waals surface area (Å²) >= 11 is 0. The molecular weight excluding hydrogens is 238 g/mol. The topological polar surface area (TPSA) is 34.9 Å². The molecule has 0 spiro atoms. The van der Waals surface area contributed by atoms with E-state index < -0.39 is 11.6 Å². The number of hydrogen-bond donors (Lipinski definition) is 0. The number of carbonyl (C=O) groups is 1. The first-order valence-electron chi connectivity index (χ1n) is 5.59. The zero-order valence-corrected chi connectivity index (χ0v) is 9.86. The van der Waals surface area contributed by atoms with Gasteiger partial charge in [-0.15, -0.1) is 0 Å². The lowest BCUT2D eigenvalue weighted by molar-refractivity contribution is 0.0979. The van der Waals surface area contributed by atoms with E-state index in [-0.39, 0.29) is 12.2 Å². The summed E-state index contributed by atoms with van der Waals surface area (Å²) in [5.41, 5.74) is 0.308. The van der Waals surface area contributed by atoms with Gasteiger partial charge in [-0.2, -0.15) is 0 Å². The van der Waals surface area contributed by atoms with Crippen molar-refractivity contribution in [3.8, 4) is 0 Å². The van der Waals surface area contributed by atoms with Crippen molar-refractivity contribution in [1.82, 2.24) is 9.55 Å². The van der Waals surface area contributed by atoms with Crippen molar-refractivity contribution in [2.75, 3.05) is 0 Å². The summed E-state index contributed by atoms with van der Waals surface area (Å²) in [4.78, 5) is 15.9. The van der Waals surface area contributed by atoms with E-state index in [4.69, 9.17) is 0 Å². The number of benzene rings is 1. The zero-order chi connectivity index (χ0) is 13.1. The molecule has 5 heteroatoms. The number of carbonyl (C=O) groups excluding carboxylic acids is 1. The highest BCUT2D eigenvalue weighted by atomic mass is 19.1. The lowest BCUT2D eigenvalue weighted by Crippen LogP contribution is -2.12. The third-order valence-corrected chi connectivity index (χ3v) is 2.59. The normalized spacial score (nSPS) is 10.6. The van der Waals surface area contributed by atoms with Crippen LogP contribution in [0.5, 0.6) is 0 Å². The van der Waals surface area contributed by atoms with Gasteiger partial charge in [0, 0.05) is 31.4 Å². The van der Waals surface area contributed by atoms with Gasteiger partial charge in [0.25, 0.3) is 0 Å². The van der Waals surface area contributed by atoms with Crippen molar-refractivity contribution in [3.63, 3.8) is 0 Å². The summed E-state index contributed by atoms with van der Waals surface area (Å²) in [7, 11) is 0. The highest BCUT2D eigenvalue weighted by Crippen LogP contribution is 2.11. The molecule has 0 N–H and O–H groups in total. The third kappa shape index (κ3) is 2.61. The van der Waals surface area contributed by atoms with E-state index >= 15 is 0 Å². The van der Waals surface area contributed by atoms with Gasteiger partial charge in [0.1, 0.15) is 11.6 Å². The van der Waals surface area contributed by atoms with Crippen LogP contribution in [0.3, 0.4) is 0 Å². The molecule has 0 saturated carbocycles. The number of Topliss-reactive ketones (excluding diaryl/α,β-unsaturated/α-hetero) is 1. The van der Waals surface area contributed by atoms with Crippen LogP contribution < -0.4 is 0 Å². The van der Waals surface area contributed by atoms with Crippen LogP contribution in [-0.4, -0.2) is 15.3 Å². The summed E-state index contributed by atoms with van der Waals surface area (Å²) in [6.07, 6.45) is 3.16. The summed E-state index contributed by atoms with van der Waals surface area (Å²) in [5.74, 6) is -1.32. The molecule has 0 fully saturated rings. The highest BCUT2D eigenvalue weighted by Gasteiger charge is 2.13. The largest absolute Gasteiger partial charge is 0.329 e. The second-order valence-electron chi connectivity index (χ2n) is 3.91. The Balaban J connectivity index is 2.21. The minimum atomic E-state index is -0.684. The van der Waals surface area contributed by atoms with Gasteiger partial charge in [0.2, 0.25) is 5.78 Å². The standard InChI is InChI=1S/C13H12F2N2O/c1-2-17-4-3-16-13(17)12(18)7-9-5-10(14)8-11(15)6-9/h3-6,8H,2,7H2,1H3. The van der Waals surface area contributed by atoms with Crippen LogP contribution in [0, 0.1) is 11.6 Å². The number of aromatic nitrogens is 2. The molecule has 2 aromatic rings. The number of halogens is 2. The van der Waals surface area contributed by atoms with Gasteiger partial charge in [-0.3, -0.25) is 4.79 Å². The van der Waals surface area contributed by atoms with Gasteiger partial charge < -0.3 is 4.57 Å². The Morgan fingerprint density at radius 2 is 1.94 bits per heavy atom. The molecule has 3 nitrogen and oxygen atoms in total. The van der Waals surface area contributed by atoms with Crippen molar-refractivity contribution in [2.24, 2.45) is 0 Å². The predicted octanol–water partition coefficient (Wildman–Crippen LogP) is 2.61. The van der Waals surface area contributed by atoms with Crippen molar-refractivity contribution in [2.45, 2.75) is 19.9 Å². The molecule has 1 aromatic heterocycles. The summed E-state index contributed by atoms with van der Waals surface area (Å²) < 4.78 is 27.7. The molecule has 0 atom stereocenters. The van der Waals surface area contributed by atoms with Crippen LogP contribution in [0.15, 0.2) is 30.6 Å². The monoisotopic (exact) mass is 250 g/mol. The zero-order valence-electron chi connectivity index (χ0n) is 9.86. The van der Waals surface area contributed by atoms with Crippen LogP contribution >= 0.6 is 0 Å². The van der Waals surface area contributed by atoms with Gasteiger partial charge >= 0.3 is 0 Å². The first-order chi connectivity index (χ1) is 8.60.